The van der Waals surface area contributed by atoms with Crippen molar-refractivity contribution in [3.63, 3.8) is 0 Å². The van der Waals surface area contributed by atoms with Crippen molar-refractivity contribution in [2.45, 2.75) is 6.54 Å². The number of ether oxygens (including phenoxy) is 1. The number of nitro benzene ring substituents is 1. The molecule has 6 heteroatoms. The number of nitrogens with one attached hydrogen (secondary N) is 1. The van der Waals surface area contributed by atoms with Gasteiger partial charge in [-0.2, -0.15) is 0 Å². The maximum Gasteiger partial charge on any atom is 0.311 e. The first kappa shape index (κ1) is 13.8. The monoisotopic (exact) mass is 276 g/mol. The molecule has 0 aromatic heterocycles. The SMILES string of the molecule is COc1ccc(CNc2ccccc2F)cc1[N+](=O)[O-]. The average molecular weight is 276 g/mol. The third-order valence-electron chi connectivity index (χ3n) is 2.80. The maximum absolute atomic E-state index is 13.4. The number of rotatable bonds is 5. The van der Waals surface area contributed by atoms with E-state index in [1.165, 1.54) is 25.3 Å². The van der Waals surface area contributed by atoms with Gasteiger partial charge in [-0.15, -0.1) is 0 Å². The number of para-hydroxylation sites is 1. The minimum absolute atomic E-state index is 0.111. The Morgan fingerprint density at radius 2 is 2.05 bits per heavy atom. The van der Waals surface area contributed by atoms with E-state index in [0.29, 0.717) is 11.3 Å². The second-order valence-corrected chi connectivity index (χ2v) is 4.10. The van der Waals surface area contributed by atoms with Gasteiger partial charge in [0, 0.05) is 12.6 Å². The molecule has 0 heterocycles. The normalized spacial score (nSPS) is 10.1. The van der Waals surface area contributed by atoms with Gasteiger partial charge in [-0.25, -0.2) is 4.39 Å². The summed E-state index contributed by atoms with van der Waals surface area (Å²) in [4.78, 5) is 10.4. The van der Waals surface area contributed by atoms with Crippen LogP contribution in [0.1, 0.15) is 5.56 Å². The van der Waals surface area contributed by atoms with Crippen LogP contribution in [0.5, 0.6) is 5.75 Å². The highest BCUT2D eigenvalue weighted by atomic mass is 19.1. The molecule has 0 amide bonds. The van der Waals surface area contributed by atoms with Crippen LogP contribution < -0.4 is 10.1 Å². The van der Waals surface area contributed by atoms with Crippen LogP contribution in [0.2, 0.25) is 0 Å². The lowest BCUT2D eigenvalue weighted by molar-refractivity contribution is -0.385. The van der Waals surface area contributed by atoms with Crippen LogP contribution in [0.3, 0.4) is 0 Å². The van der Waals surface area contributed by atoms with Crippen LogP contribution in [0.4, 0.5) is 15.8 Å². The third kappa shape index (κ3) is 3.03. The number of nitro groups is 1. The summed E-state index contributed by atoms with van der Waals surface area (Å²) in [6, 6.07) is 10.9. The zero-order chi connectivity index (χ0) is 14.5. The lowest BCUT2D eigenvalue weighted by Crippen LogP contribution is -2.02. The van der Waals surface area contributed by atoms with Crippen molar-refractivity contribution in [1.82, 2.24) is 0 Å². The molecule has 1 N–H and O–H groups in total. The van der Waals surface area contributed by atoms with Crippen molar-refractivity contribution in [1.29, 1.82) is 0 Å². The lowest BCUT2D eigenvalue weighted by atomic mass is 10.2. The topological polar surface area (TPSA) is 64.4 Å². The van der Waals surface area contributed by atoms with Crippen LogP contribution in [0.25, 0.3) is 0 Å². The fourth-order valence-electron chi connectivity index (χ4n) is 1.79. The van der Waals surface area contributed by atoms with Crippen molar-refractivity contribution in [2.75, 3.05) is 12.4 Å². The number of anilines is 1. The standard InChI is InChI=1S/C14H13FN2O3/c1-20-14-7-6-10(8-13(14)17(18)19)9-16-12-5-3-2-4-11(12)15/h2-8,16H,9H2,1H3. The van der Waals surface area contributed by atoms with E-state index in [-0.39, 0.29) is 23.8 Å². The summed E-state index contributed by atoms with van der Waals surface area (Å²) >= 11 is 0. The van der Waals surface area contributed by atoms with Crippen molar-refractivity contribution >= 4 is 11.4 Å². The van der Waals surface area contributed by atoms with Crippen LogP contribution in [0.15, 0.2) is 42.5 Å². The minimum atomic E-state index is -0.508. The minimum Gasteiger partial charge on any atom is -0.490 e. The number of nitrogens with zero attached hydrogens (tertiary/aromatic N) is 1. The van der Waals surface area contributed by atoms with Gasteiger partial charge in [0.25, 0.3) is 0 Å². The summed E-state index contributed by atoms with van der Waals surface area (Å²) in [5, 5.41) is 13.8. The molecule has 5 nitrogen and oxygen atoms in total. The molecule has 0 spiro atoms. The molecule has 0 saturated heterocycles. The van der Waals surface area contributed by atoms with E-state index < -0.39 is 4.92 Å². The Hall–Kier alpha value is -2.63. The van der Waals surface area contributed by atoms with E-state index in [1.54, 1.807) is 24.3 Å². The molecule has 2 aromatic rings. The number of hydrogen-bond donors (Lipinski definition) is 1. The van der Waals surface area contributed by atoms with Crippen molar-refractivity contribution in [3.05, 3.63) is 64.0 Å². The predicted octanol–water partition coefficient (Wildman–Crippen LogP) is 3.35. The van der Waals surface area contributed by atoms with Gasteiger partial charge >= 0.3 is 5.69 Å². The molecule has 0 aliphatic heterocycles. The molecule has 0 unspecified atom stereocenters. The molecule has 0 fully saturated rings. The van der Waals surface area contributed by atoms with Gasteiger partial charge in [0.1, 0.15) is 5.82 Å². The van der Waals surface area contributed by atoms with E-state index in [2.05, 4.69) is 5.32 Å². The van der Waals surface area contributed by atoms with Gasteiger partial charge in [-0.05, 0) is 23.8 Å². The molecule has 0 aliphatic rings. The molecule has 20 heavy (non-hydrogen) atoms. The summed E-state index contributed by atoms with van der Waals surface area (Å²) in [6.45, 7) is 0.283. The molecule has 2 aromatic carbocycles. The Bertz CT molecular complexity index is 632. The second kappa shape index (κ2) is 6.01. The summed E-state index contributed by atoms with van der Waals surface area (Å²) in [7, 11) is 1.37. The Morgan fingerprint density at radius 1 is 1.30 bits per heavy atom. The molecular formula is C14H13FN2O3. The summed E-state index contributed by atoms with van der Waals surface area (Å²) in [6.07, 6.45) is 0. The van der Waals surface area contributed by atoms with Crippen LogP contribution in [-0.2, 0) is 6.54 Å². The van der Waals surface area contributed by atoms with Crippen LogP contribution >= 0.6 is 0 Å². The van der Waals surface area contributed by atoms with E-state index in [0.717, 1.165) is 0 Å². The van der Waals surface area contributed by atoms with Crippen LogP contribution in [-0.4, -0.2) is 12.0 Å². The number of methoxy groups -OCH3 is 1. The zero-order valence-corrected chi connectivity index (χ0v) is 10.8. The van der Waals surface area contributed by atoms with Gasteiger partial charge in [-0.1, -0.05) is 18.2 Å². The summed E-state index contributed by atoms with van der Waals surface area (Å²) < 4.78 is 18.3. The Balaban J connectivity index is 2.16. The molecule has 2 rings (SSSR count). The first-order valence-corrected chi connectivity index (χ1v) is 5.91. The highest BCUT2D eigenvalue weighted by Crippen LogP contribution is 2.27. The fourth-order valence-corrected chi connectivity index (χ4v) is 1.79. The van der Waals surface area contributed by atoms with Gasteiger partial charge < -0.3 is 10.1 Å². The molecule has 0 radical (unpaired) electrons. The largest absolute Gasteiger partial charge is 0.490 e. The number of hydrogen-bond acceptors (Lipinski definition) is 4. The fraction of sp³-hybridized carbons (Fsp3) is 0.143. The number of halogens is 1. The third-order valence-corrected chi connectivity index (χ3v) is 2.80. The van der Waals surface area contributed by atoms with Crippen LogP contribution in [0, 0.1) is 15.9 Å². The molecule has 0 atom stereocenters. The van der Waals surface area contributed by atoms with Crippen molar-refractivity contribution in [3.8, 4) is 5.75 Å². The Morgan fingerprint density at radius 3 is 2.70 bits per heavy atom. The quantitative estimate of drug-likeness (QED) is 0.671. The van der Waals surface area contributed by atoms with E-state index >= 15 is 0 Å². The lowest BCUT2D eigenvalue weighted by Gasteiger charge is -2.08. The van der Waals surface area contributed by atoms with Gasteiger partial charge in [-0.3, -0.25) is 10.1 Å². The van der Waals surface area contributed by atoms with E-state index in [1.807, 2.05) is 0 Å². The first-order valence-electron chi connectivity index (χ1n) is 5.91. The Labute approximate surface area is 115 Å². The molecule has 0 aliphatic carbocycles. The van der Waals surface area contributed by atoms with E-state index in [9.17, 15) is 14.5 Å². The molecule has 0 bridgehead atoms. The molecular weight excluding hydrogens is 263 g/mol. The van der Waals surface area contributed by atoms with E-state index in [4.69, 9.17) is 4.74 Å². The summed E-state index contributed by atoms with van der Waals surface area (Å²) in [5.74, 6) is -0.167. The Kier molecular flexibility index (Phi) is 4.14. The van der Waals surface area contributed by atoms with Gasteiger partial charge in [0.05, 0.1) is 17.7 Å². The highest BCUT2D eigenvalue weighted by Gasteiger charge is 2.15. The molecule has 0 saturated carbocycles. The highest BCUT2D eigenvalue weighted by molar-refractivity contribution is 5.50. The smallest absolute Gasteiger partial charge is 0.311 e. The van der Waals surface area contributed by atoms with Gasteiger partial charge in [0.2, 0.25) is 0 Å². The van der Waals surface area contributed by atoms with Crippen molar-refractivity contribution in [2.24, 2.45) is 0 Å². The molecule has 104 valence electrons. The van der Waals surface area contributed by atoms with Gasteiger partial charge in [0.15, 0.2) is 5.75 Å². The zero-order valence-electron chi connectivity index (χ0n) is 10.8. The summed E-state index contributed by atoms with van der Waals surface area (Å²) in [5.41, 5.74) is 0.909. The van der Waals surface area contributed by atoms with Crippen molar-refractivity contribution < 1.29 is 14.1 Å². The predicted molar refractivity (Wildman–Crippen MR) is 73.4 cm³/mol. The first-order chi connectivity index (χ1) is 9.61. The second-order valence-electron chi connectivity index (χ2n) is 4.10. The average Bonchev–Trinajstić information content (AvgIpc) is 2.46. The maximum atomic E-state index is 13.4. The number of benzene rings is 2.